The molecule has 2 aromatic heterocycles. The molecule has 206 valence electrons. The molecule has 8 nitrogen and oxygen atoms in total. The zero-order valence-corrected chi connectivity index (χ0v) is 21.4. The number of carbonyl (C=O) groups is 1. The van der Waals surface area contributed by atoms with E-state index in [0.717, 1.165) is 44.1 Å². The minimum atomic E-state index is -4.25. The molecule has 0 radical (unpaired) electrons. The molecule has 2 aromatic rings. The van der Waals surface area contributed by atoms with E-state index >= 15 is 0 Å². The number of carboxylic acids is 1. The molecule has 1 N–H and O–H groups in total. The number of anilines is 1. The van der Waals surface area contributed by atoms with Crippen molar-refractivity contribution in [2.24, 2.45) is 11.8 Å². The molecular weight excluding hydrogens is 501 g/mol. The summed E-state index contributed by atoms with van der Waals surface area (Å²) >= 11 is 0. The van der Waals surface area contributed by atoms with Gasteiger partial charge in [0.25, 0.3) is 0 Å². The molecule has 2 aliphatic heterocycles. The van der Waals surface area contributed by atoms with E-state index in [1.165, 1.54) is 12.4 Å². The maximum absolute atomic E-state index is 13.9. The highest BCUT2D eigenvalue weighted by atomic mass is 19.4. The largest absolute Gasteiger partial charge is 0.476 e. The fraction of sp³-hybridized carbons (Fsp3) is 0.704. The summed E-state index contributed by atoms with van der Waals surface area (Å²) < 4.78 is 53.8. The number of piperidine rings is 1. The van der Waals surface area contributed by atoms with Gasteiger partial charge in [-0.05, 0) is 50.9 Å². The molecule has 2 bridgehead atoms. The predicted molar refractivity (Wildman–Crippen MR) is 130 cm³/mol. The Morgan fingerprint density at radius 2 is 1.92 bits per heavy atom. The van der Waals surface area contributed by atoms with E-state index in [1.54, 1.807) is 0 Å². The van der Waals surface area contributed by atoms with Crippen LogP contribution in [0.1, 0.15) is 104 Å². The summed E-state index contributed by atoms with van der Waals surface area (Å²) in [5.41, 5.74) is 1.11. The van der Waals surface area contributed by atoms with Gasteiger partial charge in [0.1, 0.15) is 11.6 Å². The lowest BCUT2D eigenvalue weighted by Crippen LogP contribution is -2.47. The van der Waals surface area contributed by atoms with Crippen LogP contribution in [0, 0.1) is 11.8 Å². The topological polar surface area (TPSA) is 102 Å². The Morgan fingerprint density at radius 3 is 2.58 bits per heavy atom. The van der Waals surface area contributed by atoms with Gasteiger partial charge in [0.15, 0.2) is 5.69 Å². The van der Waals surface area contributed by atoms with Crippen LogP contribution >= 0.6 is 0 Å². The van der Waals surface area contributed by atoms with Crippen molar-refractivity contribution in [1.82, 2.24) is 15.1 Å². The van der Waals surface area contributed by atoms with E-state index < -0.39 is 24.0 Å². The Morgan fingerprint density at radius 1 is 1.13 bits per heavy atom. The van der Waals surface area contributed by atoms with E-state index in [1.807, 2.05) is 0 Å². The third-order valence-corrected chi connectivity index (χ3v) is 9.01. The number of hydrogen-bond donors (Lipinski definition) is 1. The van der Waals surface area contributed by atoms with E-state index in [9.17, 15) is 18.0 Å². The van der Waals surface area contributed by atoms with Gasteiger partial charge < -0.3 is 19.3 Å². The van der Waals surface area contributed by atoms with Gasteiger partial charge in [-0.2, -0.15) is 13.2 Å². The number of ether oxygens (including phenoxy) is 1. The minimum absolute atomic E-state index is 0.0444. The van der Waals surface area contributed by atoms with Crippen LogP contribution in [-0.4, -0.2) is 50.6 Å². The standard InChI is InChI=1S/C27H33F3N4O4/c1-14-8-16-9-17(10-22(14)34(16)23-12-31-21(11-32-23)26(35)36)37-13-19-24(33-38-25(19)15-6-7-15)18-4-2-3-5-20(18)27(28,29)30/h11-12,14-18,20,22H,2-10,13H2,1H3,(H,35,36)/t14-,16?,17?,18?,20?,22?/m1/s1. The third-order valence-electron chi connectivity index (χ3n) is 9.01. The number of alkyl halides is 3. The van der Waals surface area contributed by atoms with Crippen molar-refractivity contribution in [2.75, 3.05) is 4.90 Å². The minimum Gasteiger partial charge on any atom is -0.476 e. The number of aromatic carboxylic acids is 1. The lowest BCUT2D eigenvalue weighted by molar-refractivity contribution is -0.187. The highest BCUT2D eigenvalue weighted by Crippen LogP contribution is 2.50. The summed E-state index contributed by atoms with van der Waals surface area (Å²) in [6, 6.07) is 0.345. The van der Waals surface area contributed by atoms with Gasteiger partial charge in [-0.15, -0.1) is 0 Å². The SMILES string of the molecule is C[C@@H]1CC2CC(OCc3c(C4CCCCC4C(F)(F)F)noc3C3CC3)CC1N2c1cnc(C(=O)O)cn1. The van der Waals surface area contributed by atoms with Gasteiger partial charge in [0, 0.05) is 29.5 Å². The smallest absolute Gasteiger partial charge is 0.392 e. The number of halogens is 3. The van der Waals surface area contributed by atoms with Crippen molar-refractivity contribution in [3.63, 3.8) is 0 Å². The molecule has 0 spiro atoms. The predicted octanol–water partition coefficient (Wildman–Crippen LogP) is 5.84. The summed E-state index contributed by atoms with van der Waals surface area (Å²) in [6.45, 7) is 2.42. The molecule has 11 heteroatoms. The first-order valence-electron chi connectivity index (χ1n) is 13.7. The number of hydrogen-bond acceptors (Lipinski definition) is 7. The fourth-order valence-corrected chi connectivity index (χ4v) is 7.02. The first kappa shape index (κ1) is 25.6. The zero-order valence-electron chi connectivity index (χ0n) is 21.4. The highest BCUT2D eigenvalue weighted by Gasteiger charge is 2.49. The third kappa shape index (κ3) is 4.78. The highest BCUT2D eigenvalue weighted by molar-refractivity contribution is 5.84. The Labute approximate surface area is 218 Å². The van der Waals surface area contributed by atoms with E-state index in [2.05, 4.69) is 26.9 Å². The molecule has 6 atom stereocenters. The molecule has 38 heavy (non-hydrogen) atoms. The lowest BCUT2D eigenvalue weighted by atomic mass is 9.76. The monoisotopic (exact) mass is 534 g/mol. The Hall–Kier alpha value is -2.69. The van der Waals surface area contributed by atoms with E-state index in [-0.39, 0.29) is 42.8 Å². The van der Waals surface area contributed by atoms with Crippen LogP contribution in [0.5, 0.6) is 0 Å². The van der Waals surface area contributed by atoms with Gasteiger partial charge in [-0.1, -0.05) is 24.9 Å². The second-order valence-electron chi connectivity index (χ2n) is 11.5. The van der Waals surface area contributed by atoms with Crippen LogP contribution in [0.3, 0.4) is 0 Å². The summed E-state index contributed by atoms with van der Waals surface area (Å²) in [7, 11) is 0. The molecule has 2 aliphatic carbocycles. The summed E-state index contributed by atoms with van der Waals surface area (Å²) in [6.07, 6.45) is 4.89. The second kappa shape index (κ2) is 9.81. The van der Waals surface area contributed by atoms with Gasteiger partial charge >= 0.3 is 12.1 Å². The van der Waals surface area contributed by atoms with E-state index in [4.69, 9.17) is 14.4 Å². The molecule has 0 amide bonds. The van der Waals surface area contributed by atoms with Crippen molar-refractivity contribution in [2.45, 2.75) is 108 Å². The molecule has 5 unspecified atom stereocenters. The quantitative estimate of drug-likeness (QED) is 0.473. The molecule has 4 aliphatic rings. The van der Waals surface area contributed by atoms with Crippen molar-refractivity contribution in [3.05, 3.63) is 35.1 Å². The molecule has 2 saturated heterocycles. The molecule has 0 aromatic carbocycles. The summed E-state index contributed by atoms with van der Waals surface area (Å²) in [5, 5.41) is 13.4. The first-order valence-corrected chi connectivity index (χ1v) is 13.7. The van der Waals surface area contributed by atoms with Crippen molar-refractivity contribution >= 4 is 11.8 Å². The van der Waals surface area contributed by atoms with Crippen LogP contribution < -0.4 is 4.90 Å². The molecule has 4 heterocycles. The molecule has 4 fully saturated rings. The number of nitrogens with zero attached hydrogens (tertiary/aromatic N) is 4. The van der Waals surface area contributed by atoms with Crippen molar-refractivity contribution in [1.29, 1.82) is 0 Å². The Balaban J connectivity index is 1.18. The van der Waals surface area contributed by atoms with Crippen molar-refractivity contribution in [3.8, 4) is 0 Å². The van der Waals surface area contributed by atoms with Crippen LogP contribution in [0.15, 0.2) is 16.9 Å². The zero-order chi connectivity index (χ0) is 26.6. The van der Waals surface area contributed by atoms with Crippen LogP contribution in [0.25, 0.3) is 0 Å². The first-order chi connectivity index (χ1) is 18.2. The maximum Gasteiger partial charge on any atom is 0.392 e. The van der Waals surface area contributed by atoms with Crippen LogP contribution in [-0.2, 0) is 11.3 Å². The molecule has 2 saturated carbocycles. The number of rotatable bonds is 7. The van der Waals surface area contributed by atoms with Gasteiger partial charge in [-0.25, -0.2) is 14.8 Å². The average Bonchev–Trinajstić information content (AvgIpc) is 3.61. The second-order valence-corrected chi connectivity index (χ2v) is 11.5. The maximum atomic E-state index is 13.9. The van der Waals surface area contributed by atoms with Crippen LogP contribution in [0.2, 0.25) is 0 Å². The van der Waals surface area contributed by atoms with Gasteiger partial charge in [0.05, 0.1) is 36.7 Å². The number of carboxylic acid groups (broad SMARTS) is 1. The Bertz CT molecular complexity index is 1170. The fourth-order valence-electron chi connectivity index (χ4n) is 7.02. The summed E-state index contributed by atoms with van der Waals surface area (Å²) in [5.74, 6) is -1.16. The average molecular weight is 535 g/mol. The number of aromatic nitrogens is 3. The lowest BCUT2D eigenvalue weighted by Gasteiger charge is -2.40. The van der Waals surface area contributed by atoms with Crippen molar-refractivity contribution < 1.29 is 32.3 Å². The van der Waals surface area contributed by atoms with Gasteiger partial charge in [-0.3, -0.25) is 0 Å². The number of fused-ring (bicyclic) bond motifs is 2. The molecule has 6 rings (SSSR count). The van der Waals surface area contributed by atoms with E-state index in [0.29, 0.717) is 36.0 Å². The summed E-state index contributed by atoms with van der Waals surface area (Å²) in [4.78, 5) is 21.8. The van der Waals surface area contributed by atoms with Gasteiger partial charge in [0.2, 0.25) is 0 Å². The normalized spacial score (nSPS) is 31.5. The Kier molecular flexibility index (Phi) is 6.60. The molecular formula is C27H33F3N4O4. The van der Waals surface area contributed by atoms with Crippen LogP contribution in [0.4, 0.5) is 19.0 Å².